The summed E-state index contributed by atoms with van der Waals surface area (Å²) in [5.74, 6) is -0.413. The summed E-state index contributed by atoms with van der Waals surface area (Å²) in [6, 6.07) is 11.8. The van der Waals surface area contributed by atoms with Crippen molar-refractivity contribution in [1.29, 1.82) is 0 Å². The normalized spacial score (nSPS) is 10.3. The van der Waals surface area contributed by atoms with Crippen LogP contribution in [0.2, 0.25) is 5.02 Å². The van der Waals surface area contributed by atoms with Crippen molar-refractivity contribution >= 4 is 23.2 Å². The molecule has 114 valence electrons. The molecule has 22 heavy (non-hydrogen) atoms. The van der Waals surface area contributed by atoms with Crippen molar-refractivity contribution in [2.45, 2.75) is 13.5 Å². The van der Waals surface area contributed by atoms with Gasteiger partial charge in [0.25, 0.3) is 11.6 Å². The predicted molar refractivity (Wildman–Crippen MR) is 85.1 cm³/mol. The van der Waals surface area contributed by atoms with Gasteiger partial charge in [0.05, 0.1) is 4.92 Å². The first-order valence-corrected chi connectivity index (χ1v) is 7.01. The first-order valence-electron chi connectivity index (χ1n) is 6.63. The van der Waals surface area contributed by atoms with E-state index >= 15 is 0 Å². The van der Waals surface area contributed by atoms with Crippen LogP contribution >= 0.6 is 11.6 Å². The lowest BCUT2D eigenvalue weighted by molar-refractivity contribution is -0.385. The van der Waals surface area contributed by atoms with E-state index < -0.39 is 10.8 Å². The van der Waals surface area contributed by atoms with Gasteiger partial charge in [0, 0.05) is 24.7 Å². The van der Waals surface area contributed by atoms with E-state index in [0.29, 0.717) is 6.54 Å². The van der Waals surface area contributed by atoms with Gasteiger partial charge < -0.3 is 4.90 Å². The quantitative estimate of drug-likeness (QED) is 0.635. The third kappa shape index (κ3) is 3.62. The highest BCUT2D eigenvalue weighted by Gasteiger charge is 2.23. The van der Waals surface area contributed by atoms with Gasteiger partial charge in [-0.15, -0.1) is 0 Å². The van der Waals surface area contributed by atoms with Crippen LogP contribution in [0.15, 0.2) is 42.5 Å². The Morgan fingerprint density at radius 1 is 1.23 bits per heavy atom. The van der Waals surface area contributed by atoms with E-state index in [1.54, 1.807) is 7.05 Å². The Kier molecular flexibility index (Phi) is 4.78. The summed E-state index contributed by atoms with van der Waals surface area (Å²) in [5, 5.41) is 11.3. The maximum absolute atomic E-state index is 12.4. The topological polar surface area (TPSA) is 63.5 Å². The second-order valence-electron chi connectivity index (χ2n) is 5.07. The Bertz CT molecular complexity index is 714. The maximum Gasteiger partial charge on any atom is 0.283 e. The van der Waals surface area contributed by atoms with Crippen LogP contribution in [0.3, 0.4) is 0 Å². The fourth-order valence-electron chi connectivity index (χ4n) is 2.08. The first-order chi connectivity index (χ1) is 10.4. The molecule has 0 aliphatic heterocycles. The van der Waals surface area contributed by atoms with Crippen molar-refractivity contribution in [3.63, 3.8) is 0 Å². The molecule has 0 spiro atoms. The Labute approximate surface area is 133 Å². The zero-order chi connectivity index (χ0) is 16.3. The number of hydrogen-bond acceptors (Lipinski definition) is 3. The van der Waals surface area contributed by atoms with Crippen LogP contribution in [0.4, 0.5) is 5.69 Å². The van der Waals surface area contributed by atoms with Crippen LogP contribution in [0, 0.1) is 17.0 Å². The Hall–Kier alpha value is -2.40. The minimum Gasteiger partial charge on any atom is -0.337 e. The van der Waals surface area contributed by atoms with Crippen LogP contribution in [0.1, 0.15) is 21.5 Å². The van der Waals surface area contributed by atoms with Gasteiger partial charge in [-0.25, -0.2) is 0 Å². The Balaban J connectivity index is 2.24. The van der Waals surface area contributed by atoms with Crippen molar-refractivity contribution in [3.8, 4) is 0 Å². The van der Waals surface area contributed by atoms with Crippen LogP contribution in [-0.2, 0) is 6.54 Å². The van der Waals surface area contributed by atoms with E-state index in [0.717, 1.165) is 11.1 Å². The van der Waals surface area contributed by atoms with Crippen LogP contribution in [0.25, 0.3) is 0 Å². The average Bonchev–Trinajstić information content (AvgIpc) is 2.48. The monoisotopic (exact) mass is 318 g/mol. The molecule has 0 unspecified atom stereocenters. The molecule has 0 fully saturated rings. The van der Waals surface area contributed by atoms with Crippen LogP contribution in [-0.4, -0.2) is 22.8 Å². The maximum atomic E-state index is 12.4. The zero-order valence-electron chi connectivity index (χ0n) is 12.2. The lowest BCUT2D eigenvalue weighted by atomic mass is 10.1. The van der Waals surface area contributed by atoms with Crippen molar-refractivity contribution in [2.24, 2.45) is 0 Å². The number of carbonyl (C=O) groups excluding carboxylic acids is 1. The molecule has 0 aliphatic rings. The Morgan fingerprint density at radius 3 is 2.45 bits per heavy atom. The van der Waals surface area contributed by atoms with Gasteiger partial charge in [0.1, 0.15) is 5.56 Å². The molecule has 0 saturated carbocycles. The molecule has 2 aromatic carbocycles. The number of rotatable bonds is 4. The van der Waals surface area contributed by atoms with E-state index in [9.17, 15) is 14.9 Å². The van der Waals surface area contributed by atoms with Gasteiger partial charge in [-0.05, 0) is 24.6 Å². The number of amides is 1. The van der Waals surface area contributed by atoms with E-state index in [1.807, 2.05) is 31.2 Å². The summed E-state index contributed by atoms with van der Waals surface area (Å²) in [6.45, 7) is 2.36. The van der Waals surface area contributed by atoms with Crippen LogP contribution < -0.4 is 0 Å². The molecule has 2 aromatic rings. The molecular weight excluding hydrogens is 304 g/mol. The number of carbonyl (C=O) groups is 1. The smallest absolute Gasteiger partial charge is 0.283 e. The second-order valence-corrected chi connectivity index (χ2v) is 5.50. The third-order valence-corrected chi connectivity index (χ3v) is 3.51. The second kappa shape index (κ2) is 6.58. The molecule has 0 saturated heterocycles. The number of nitro groups is 1. The fraction of sp³-hybridized carbons (Fsp3) is 0.188. The van der Waals surface area contributed by atoms with Crippen molar-refractivity contribution in [2.75, 3.05) is 7.05 Å². The molecule has 0 radical (unpaired) electrons. The summed E-state index contributed by atoms with van der Waals surface area (Å²) >= 11 is 5.76. The standard InChI is InChI=1S/C16H15ClN2O3/c1-11-3-5-12(6-4-11)10-18(2)16(20)14-8-7-13(17)9-15(14)19(21)22/h3-9H,10H2,1-2H3. The minimum atomic E-state index is -0.598. The molecule has 6 heteroatoms. The number of halogens is 1. The summed E-state index contributed by atoms with van der Waals surface area (Å²) in [4.78, 5) is 24.4. The largest absolute Gasteiger partial charge is 0.337 e. The predicted octanol–water partition coefficient (Wildman–Crippen LogP) is 3.83. The first kappa shape index (κ1) is 16.0. The lowest BCUT2D eigenvalue weighted by Crippen LogP contribution is -2.26. The van der Waals surface area contributed by atoms with Gasteiger partial charge in [-0.3, -0.25) is 14.9 Å². The van der Waals surface area contributed by atoms with Crippen molar-refractivity contribution in [3.05, 3.63) is 74.3 Å². The molecule has 0 bridgehead atoms. The molecule has 0 atom stereocenters. The minimum absolute atomic E-state index is 0.0315. The number of hydrogen-bond donors (Lipinski definition) is 0. The Morgan fingerprint density at radius 2 is 1.86 bits per heavy atom. The molecule has 5 nitrogen and oxygen atoms in total. The highest BCUT2D eigenvalue weighted by molar-refractivity contribution is 6.31. The highest BCUT2D eigenvalue weighted by atomic mass is 35.5. The zero-order valence-corrected chi connectivity index (χ0v) is 13.0. The van der Waals surface area contributed by atoms with Crippen molar-refractivity contribution in [1.82, 2.24) is 4.90 Å². The summed E-state index contributed by atoms with van der Waals surface area (Å²) in [7, 11) is 1.61. The summed E-state index contributed by atoms with van der Waals surface area (Å²) in [6.07, 6.45) is 0. The number of benzene rings is 2. The molecule has 0 aromatic heterocycles. The molecule has 0 heterocycles. The molecule has 2 rings (SSSR count). The average molecular weight is 319 g/mol. The van der Waals surface area contributed by atoms with Gasteiger partial charge in [0.2, 0.25) is 0 Å². The molecule has 0 aliphatic carbocycles. The SMILES string of the molecule is Cc1ccc(CN(C)C(=O)c2ccc(Cl)cc2[N+](=O)[O-])cc1. The molecule has 0 N–H and O–H groups in total. The van der Waals surface area contributed by atoms with Gasteiger partial charge in [-0.1, -0.05) is 41.4 Å². The molecular formula is C16H15ClN2O3. The van der Waals surface area contributed by atoms with Crippen molar-refractivity contribution < 1.29 is 9.72 Å². The van der Waals surface area contributed by atoms with E-state index in [-0.39, 0.29) is 16.3 Å². The summed E-state index contributed by atoms with van der Waals surface area (Å²) in [5.41, 5.74) is 1.83. The molecule has 1 amide bonds. The highest BCUT2D eigenvalue weighted by Crippen LogP contribution is 2.24. The third-order valence-electron chi connectivity index (χ3n) is 3.27. The number of aryl methyl sites for hydroxylation is 1. The van der Waals surface area contributed by atoms with E-state index in [4.69, 9.17) is 11.6 Å². The van der Waals surface area contributed by atoms with E-state index in [1.165, 1.54) is 23.1 Å². The van der Waals surface area contributed by atoms with Gasteiger partial charge >= 0.3 is 0 Å². The van der Waals surface area contributed by atoms with E-state index in [2.05, 4.69) is 0 Å². The number of nitro benzene ring substituents is 1. The summed E-state index contributed by atoms with van der Waals surface area (Å²) < 4.78 is 0. The number of nitrogens with zero attached hydrogens (tertiary/aromatic N) is 2. The van der Waals surface area contributed by atoms with Gasteiger partial charge in [-0.2, -0.15) is 0 Å². The van der Waals surface area contributed by atoms with Gasteiger partial charge in [0.15, 0.2) is 0 Å². The lowest BCUT2D eigenvalue weighted by Gasteiger charge is -2.17. The fourth-order valence-corrected chi connectivity index (χ4v) is 2.25. The van der Waals surface area contributed by atoms with Crippen LogP contribution in [0.5, 0.6) is 0 Å².